The maximum absolute atomic E-state index is 5.91. The quantitative estimate of drug-likeness (QED) is 0.652. The van der Waals surface area contributed by atoms with Crippen molar-refractivity contribution in [1.82, 2.24) is 4.90 Å². The van der Waals surface area contributed by atoms with Crippen molar-refractivity contribution < 1.29 is 4.74 Å². The Morgan fingerprint density at radius 3 is 1.87 bits per heavy atom. The molecule has 2 unspecified atom stereocenters. The van der Waals surface area contributed by atoms with Crippen LogP contribution in [-0.4, -0.2) is 30.3 Å². The standard InChI is InChI=1S/C13H29NO/c1-10(2)11(3)9-14(8)12(4)15-13(5,6)7/h10-12H,9H2,1-8H3. The molecular formula is C13H29NO. The molecule has 2 heteroatoms. The van der Waals surface area contributed by atoms with Crippen LogP contribution in [0.5, 0.6) is 0 Å². The van der Waals surface area contributed by atoms with E-state index in [1.807, 2.05) is 0 Å². The van der Waals surface area contributed by atoms with Crippen LogP contribution >= 0.6 is 0 Å². The molecule has 15 heavy (non-hydrogen) atoms. The predicted octanol–water partition coefficient (Wildman–Crippen LogP) is 3.37. The first-order valence-electron chi connectivity index (χ1n) is 6.01. The second-order valence-corrected chi connectivity index (χ2v) is 5.99. The van der Waals surface area contributed by atoms with Crippen LogP contribution < -0.4 is 0 Å². The van der Waals surface area contributed by atoms with Crippen LogP contribution in [0.2, 0.25) is 0 Å². The van der Waals surface area contributed by atoms with Gasteiger partial charge in [0, 0.05) is 6.54 Å². The smallest absolute Gasteiger partial charge is 0.108 e. The third-order valence-corrected chi connectivity index (χ3v) is 2.86. The Bertz CT molecular complexity index is 172. The van der Waals surface area contributed by atoms with Crippen molar-refractivity contribution in [3.05, 3.63) is 0 Å². The lowest BCUT2D eigenvalue weighted by Gasteiger charge is -2.33. The molecule has 0 saturated carbocycles. The third kappa shape index (κ3) is 6.91. The normalized spacial score (nSPS) is 17.2. The summed E-state index contributed by atoms with van der Waals surface area (Å²) in [4.78, 5) is 2.29. The SMILES string of the molecule is CC(C)C(C)CN(C)C(C)OC(C)(C)C. The number of ether oxygens (including phenoxy) is 1. The van der Waals surface area contributed by atoms with E-state index in [4.69, 9.17) is 4.74 Å². The summed E-state index contributed by atoms with van der Waals surface area (Å²) in [5, 5.41) is 0. The fourth-order valence-corrected chi connectivity index (χ4v) is 1.42. The van der Waals surface area contributed by atoms with Crippen molar-refractivity contribution in [3.8, 4) is 0 Å². The minimum Gasteiger partial charge on any atom is -0.358 e. The molecule has 0 heterocycles. The van der Waals surface area contributed by atoms with Gasteiger partial charge in [-0.1, -0.05) is 20.8 Å². The van der Waals surface area contributed by atoms with Crippen LogP contribution in [0, 0.1) is 11.8 Å². The first-order valence-corrected chi connectivity index (χ1v) is 6.01. The van der Waals surface area contributed by atoms with E-state index in [0.29, 0.717) is 5.92 Å². The molecule has 92 valence electrons. The fraction of sp³-hybridized carbons (Fsp3) is 1.00. The van der Waals surface area contributed by atoms with Crippen LogP contribution in [0.3, 0.4) is 0 Å². The first-order chi connectivity index (χ1) is 6.63. The molecule has 2 nitrogen and oxygen atoms in total. The highest BCUT2D eigenvalue weighted by Crippen LogP contribution is 2.16. The van der Waals surface area contributed by atoms with Gasteiger partial charge in [-0.2, -0.15) is 0 Å². The van der Waals surface area contributed by atoms with Crippen molar-refractivity contribution in [2.45, 2.75) is 60.3 Å². The second kappa shape index (κ2) is 5.86. The van der Waals surface area contributed by atoms with E-state index >= 15 is 0 Å². The van der Waals surface area contributed by atoms with Crippen molar-refractivity contribution in [1.29, 1.82) is 0 Å². The molecule has 0 radical (unpaired) electrons. The van der Waals surface area contributed by atoms with E-state index in [1.165, 1.54) is 0 Å². The minimum atomic E-state index is -0.0608. The van der Waals surface area contributed by atoms with Crippen LogP contribution in [-0.2, 0) is 4.74 Å². The lowest BCUT2D eigenvalue weighted by molar-refractivity contribution is -0.119. The Morgan fingerprint density at radius 1 is 1.07 bits per heavy atom. The van der Waals surface area contributed by atoms with Gasteiger partial charge < -0.3 is 4.74 Å². The molecular weight excluding hydrogens is 186 g/mol. The molecule has 0 aliphatic heterocycles. The first kappa shape index (κ1) is 14.9. The summed E-state index contributed by atoms with van der Waals surface area (Å²) in [5.41, 5.74) is -0.0608. The van der Waals surface area contributed by atoms with E-state index in [1.54, 1.807) is 0 Å². The molecule has 0 rings (SSSR count). The summed E-state index contributed by atoms with van der Waals surface area (Å²) in [7, 11) is 2.13. The Labute approximate surface area is 96.0 Å². The van der Waals surface area contributed by atoms with Crippen LogP contribution in [0.1, 0.15) is 48.5 Å². The minimum absolute atomic E-state index is 0.0608. The number of nitrogens with zero attached hydrogens (tertiary/aromatic N) is 1. The summed E-state index contributed by atoms with van der Waals surface area (Å²) < 4.78 is 5.91. The highest BCUT2D eigenvalue weighted by atomic mass is 16.5. The lowest BCUT2D eigenvalue weighted by atomic mass is 9.98. The molecule has 0 amide bonds. The monoisotopic (exact) mass is 215 g/mol. The van der Waals surface area contributed by atoms with Crippen LogP contribution in [0.25, 0.3) is 0 Å². The van der Waals surface area contributed by atoms with Crippen LogP contribution in [0.15, 0.2) is 0 Å². The molecule has 0 bridgehead atoms. The van der Waals surface area contributed by atoms with E-state index in [9.17, 15) is 0 Å². The predicted molar refractivity (Wildman–Crippen MR) is 66.9 cm³/mol. The molecule has 0 spiro atoms. The van der Waals surface area contributed by atoms with E-state index in [-0.39, 0.29) is 11.8 Å². The molecule has 0 aromatic heterocycles. The van der Waals surface area contributed by atoms with Crippen molar-refractivity contribution in [2.75, 3.05) is 13.6 Å². The van der Waals surface area contributed by atoms with Gasteiger partial charge >= 0.3 is 0 Å². The Hall–Kier alpha value is -0.0800. The molecule has 2 atom stereocenters. The number of hydrogen-bond donors (Lipinski definition) is 0. The van der Waals surface area contributed by atoms with Crippen molar-refractivity contribution in [3.63, 3.8) is 0 Å². The fourth-order valence-electron chi connectivity index (χ4n) is 1.42. The summed E-state index contributed by atoms with van der Waals surface area (Å²) in [5.74, 6) is 1.44. The van der Waals surface area contributed by atoms with Crippen LogP contribution in [0.4, 0.5) is 0 Å². The van der Waals surface area contributed by atoms with E-state index in [0.717, 1.165) is 12.5 Å². The van der Waals surface area contributed by atoms with E-state index < -0.39 is 0 Å². The molecule has 0 saturated heterocycles. The zero-order valence-corrected chi connectivity index (χ0v) is 11.8. The van der Waals surface area contributed by atoms with Gasteiger partial charge in [-0.25, -0.2) is 0 Å². The zero-order chi connectivity index (χ0) is 12.2. The van der Waals surface area contributed by atoms with Crippen molar-refractivity contribution in [2.24, 2.45) is 11.8 Å². The van der Waals surface area contributed by atoms with Gasteiger partial charge in [-0.15, -0.1) is 0 Å². The molecule has 0 aliphatic rings. The van der Waals surface area contributed by atoms with Gasteiger partial charge in [0.05, 0.1) is 5.60 Å². The second-order valence-electron chi connectivity index (χ2n) is 5.99. The number of hydrogen-bond acceptors (Lipinski definition) is 2. The topological polar surface area (TPSA) is 12.5 Å². The average Bonchev–Trinajstić information content (AvgIpc) is 2.00. The van der Waals surface area contributed by atoms with Gasteiger partial charge in [-0.3, -0.25) is 4.90 Å². The highest BCUT2D eigenvalue weighted by Gasteiger charge is 2.20. The number of rotatable bonds is 5. The van der Waals surface area contributed by atoms with Gasteiger partial charge in [0.1, 0.15) is 6.23 Å². The van der Waals surface area contributed by atoms with Gasteiger partial charge in [-0.05, 0) is 46.6 Å². The van der Waals surface area contributed by atoms with Gasteiger partial charge in [0.2, 0.25) is 0 Å². The molecule has 0 N–H and O–H groups in total. The third-order valence-electron chi connectivity index (χ3n) is 2.86. The van der Waals surface area contributed by atoms with Crippen molar-refractivity contribution >= 4 is 0 Å². The maximum Gasteiger partial charge on any atom is 0.108 e. The molecule has 0 aromatic rings. The summed E-state index contributed by atoms with van der Waals surface area (Å²) in [6.45, 7) is 16.4. The summed E-state index contributed by atoms with van der Waals surface area (Å²) >= 11 is 0. The Morgan fingerprint density at radius 2 is 1.53 bits per heavy atom. The van der Waals surface area contributed by atoms with Gasteiger partial charge in [0.15, 0.2) is 0 Å². The molecule has 0 aliphatic carbocycles. The summed E-state index contributed by atoms with van der Waals surface area (Å²) in [6, 6.07) is 0. The van der Waals surface area contributed by atoms with E-state index in [2.05, 4.69) is 60.4 Å². The Kier molecular flexibility index (Phi) is 5.82. The summed E-state index contributed by atoms with van der Waals surface area (Å²) in [6.07, 6.45) is 0.186. The molecule has 0 aromatic carbocycles. The molecule has 0 fully saturated rings. The highest BCUT2D eigenvalue weighted by molar-refractivity contribution is 4.66. The lowest BCUT2D eigenvalue weighted by Crippen LogP contribution is -2.40. The largest absolute Gasteiger partial charge is 0.358 e. The zero-order valence-electron chi connectivity index (χ0n) is 11.8. The average molecular weight is 215 g/mol. The maximum atomic E-state index is 5.91. The van der Waals surface area contributed by atoms with Gasteiger partial charge in [0.25, 0.3) is 0 Å². The Balaban J connectivity index is 4.04.